The second kappa shape index (κ2) is 7.81. The van der Waals surface area contributed by atoms with Gasteiger partial charge in [-0.3, -0.25) is 0 Å². The predicted octanol–water partition coefficient (Wildman–Crippen LogP) is 3.10. The molecule has 2 amide bonds. The topological polar surface area (TPSA) is 78.6 Å². The maximum atomic E-state index is 12.2. The van der Waals surface area contributed by atoms with E-state index in [4.69, 9.17) is 4.42 Å². The summed E-state index contributed by atoms with van der Waals surface area (Å²) in [6.45, 7) is 0.968. The number of aliphatic hydroxyl groups excluding tert-OH is 1. The fourth-order valence-electron chi connectivity index (χ4n) is 3.04. The van der Waals surface area contributed by atoms with E-state index in [1.165, 1.54) is 11.3 Å². The highest BCUT2D eigenvalue weighted by molar-refractivity contribution is 7.13. The van der Waals surface area contributed by atoms with Gasteiger partial charge in [0.1, 0.15) is 0 Å². The highest BCUT2D eigenvalue weighted by Gasteiger charge is 2.25. The van der Waals surface area contributed by atoms with Gasteiger partial charge in [-0.2, -0.15) is 0 Å². The van der Waals surface area contributed by atoms with Crippen molar-refractivity contribution in [2.24, 2.45) is 5.92 Å². The van der Waals surface area contributed by atoms with Gasteiger partial charge in [-0.15, -0.1) is 11.3 Å². The van der Waals surface area contributed by atoms with E-state index in [2.05, 4.69) is 10.3 Å². The third-order valence-electron chi connectivity index (χ3n) is 4.43. The van der Waals surface area contributed by atoms with Crippen LogP contribution in [-0.2, 0) is 6.54 Å². The number of aromatic nitrogens is 1. The Balaban J connectivity index is 1.48. The monoisotopic (exact) mass is 349 g/mol. The molecule has 0 aromatic carbocycles. The van der Waals surface area contributed by atoms with E-state index in [0.29, 0.717) is 13.1 Å². The first kappa shape index (κ1) is 17.0. The zero-order chi connectivity index (χ0) is 16.9. The Morgan fingerprint density at radius 3 is 3.08 bits per heavy atom. The standard InChI is InChI=1S/C17H23N3O3S/c1-20(10-12-5-2-3-6-14(12)21)17(22)18-9-13-11-24-16(19-13)15-7-4-8-23-15/h4,7-8,11-12,14,21H,2-3,5-6,9-10H2,1H3,(H,18,22)/t12-,14+/m0/s1. The Morgan fingerprint density at radius 1 is 1.50 bits per heavy atom. The van der Waals surface area contributed by atoms with Gasteiger partial charge in [-0.25, -0.2) is 9.78 Å². The minimum atomic E-state index is -0.289. The Bertz CT molecular complexity index is 656. The summed E-state index contributed by atoms with van der Waals surface area (Å²) >= 11 is 1.49. The second-order valence-electron chi connectivity index (χ2n) is 6.27. The molecule has 0 spiro atoms. The van der Waals surface area contributed by atoms with Crippen molar-refractivity contribution in [3.05, 3.63) is 29.5 Å². The quantitative estimate of drug-likeness (QED) is 0.869. The highest BCUT2D eigenvalue weighted by Crippen LogP contribution is 2.25. The lowest BCUT2D eigenvalue weighted by Crippen LogP contribution is -2.42. The first-order valence-electron chi connectivity index (χ1n) is 8.29. The minimum absolute atomic E-state index is 0.139. The maximum Gasteiger partial charge on any atom is 0.317 e. The van der Waals surface area contributed by atoms with Gasteiger partial charge < -0.3 is 19.7 Å². The molecular formula is C17H23N3O3S. The van der Waals surface area contributed by atoms with Crippen LogP contribution in [0, 0.1) is 5.92 Å². The summed E-state index contributed by atoms with van der Waals surface area (Å²) in [6, 6.07) is 3.55. The molecule has 1 aliphatic carbocycles. The molecule has 2 aromatic rings. The van der Waals surface area contributed by atoms with Crippen LogP contribution in [0.25, 0.3) is 10.8 Å². The number of nitrogens with one attached hydrogen (secondary N) is 1. The number of carbonyl (C=O) groups is 1. The molecule has 3 rings (SSSR count). The number of furan rings is 1. The van der Waals surface area contributed by atoms with E-state index in [-0.39, 0.29) is 18.1 Å². The molecule has 6 nitrogen and oxygen atoms in total. The molecule has 0 saturated heterocycles. The van der Waals surface area contributed by atoms with Gasteiger partial charge in [0.2, 0.25) is 0 Å². The molecule has 2 heterocycles. The van der Waals surface area contributed by atoms with Crippen molar-refractivity contribution in [2.45, 2.75) is 38.3 Å². The van der Waals surface area contributed by atoms with Crippen molar-refractivity contribution in [3.63, 3.8) is 0 Å². The highest BCUT2D eigenvalue weighted by atomic mass is 32.1. The van der Waals surface area contributed by atoms with Crippen LogP contribution in [0.1, 0.15) is 31.4 Å². The number of hydrogen-bond acceptors (Lipinski definition) is 5. The molecule has 1 fully saturated rings. The van der Waals surface area contributed by atoms with Gasteiger partial charge in [0.05, 0.1) is 24.6 Å². The third-order valence-corrected chi connectivity index (χ3v) is 5.33. The van der Waals surface area contributed by atoms with E-state index in [1.54, 1.807) is 18.2 Å². The Kier molecular flexibility index (Phi) is 5.52. The number of amides is 2. The Hall–Kier alpha value is -1.86. The van der Waals surface area contributed by atoms with E-state index >= 15 is 0 Å². The van der Waals surface area contributed by atoms with Crippen LogP contribution in [0.5, 0.6) is 0 Å². The summed E-state index contributed by atoms with van der Waals surface area (Å²) in [5, 5.41) is 15.6. The van der Waals surface area contributed by atoms with E-state index < -0.39 is 0 Å². The van der Waals surface area contributed by atoms with Crippen molar-refractivity contribution in [1.29, 1.82) is 0 Å². The van der Waals surface area contributed by atoms with Gasteiger partial charge in [-0.1, -0.05) is 12.8 Å². The van der Waals surface area contributed by atoms with Crippen molar-refractivity contribution in [3.8, 4) is 10.8 Å². The molecule has 0 unspecified atom stereocenters. The minimum Gasteiger partial charge on any atom is -0.462 e. The zero-order valence-corrected chi connectivity index (χ0v) is 14.6. The number of nitrogens with zero attached hydrogens (tertiary/aromatic N) is 2. The first-order valence-corrected chi connectivity index (χ1v) is 9.17. The maximum absolute atomic E-state index is 12.2. The lowest BCUT2D eigenvalue weighted by atomic mass is 9.86. The Morgan fingerprint density at radius 2 is 2.33 bits per heavy atom. The third kappa shape index (κ3) is 4.15. The largest absolute Gasteiger partial charge is 0.462 e. The number of carbonyl (C=O) groups excluding carboxylic acids is 1. The summed E-state index contributed by atoms with van der Waals surface area (Å²) in [4.78, 5) is 18.3. The second-order valence-corrected chi connectivity index (χ2v) is 7.13. The average Bonchev–Trinajstić information content (AvgIpc) is 3.25. The van der Waals surface area contributed by atoms with Crippen LogP contribution in [0.15, 0.2) is 28.2 Å². The van der Waals surface area contributed by atoms with Crippen molar-refractivity contribution >= 4 is 17.4 Å². The van der Waals surface area contributed by atoms with Gasteiger partial charge in [-0.05, 0) is 25.0 Å². The summed E-state index contributed by atoms with van der Waals surface area (Å²) in [5.41, 5.74) is 0.811. The van der Waals surface area contributed by atoms with Gasteiger partial charge >= 0.3 is 6.03 Å². The van der Waals surface area contributed by atoms with E-state index in [1.807, 2.05) is 17.5 Å². The van der Waals surface area contributed by atoms with Crippen LogP contribution in [0.2, 0.25) is 0 Å². The average molecular weight is 349 g/mol. The molecule has 24 heavy (non-hydrogen) atoms. The molecule has 1 saturated carbocycles. The Labute approximate surface area is 145 Å². The van der Waals surface area contributed by atoms with E-state index in [9.17, 15) is 9.90 Å². The molecular weight excluding hydrogens is 326 g/mol. The number of urea groups is 1. The molecule has 2 N–H and O–H groups in total. The summed E-state index contributed by atoms with van der Waals surface area (Å²) in [7, 11) is 1.77. The van der Waals surface area contributed by atoms with Crippen LogP contribution in [0.4, 0.5) is 4.79 Å². The van der Waals surface area contributed by atoms with Crippen LogP contribution in [0.3, 0.4) is 0 Å². The van der Waals surface area contributed by atoms with Gasteiger partial charge in [0.25, 0.3) is 0 Å². The number of thiazole rings is 1. The zero-order valence-electron chi connectivity index (χ0n) is 13.8. The lowest BCUT2D eigenvalue weighted by molar-refractivity contribution is 0.0565. The van der Waals surface area contributed by atoms with Crippen molar-refractivity contribution in [2.75, 3.05) is 13.6 Å². The molecule has 7 heteroatoms. The van der Waals surface area contributed by atoms with Crippen LogP contribution in [-0.4, -0.2) is 40.7 Å². The van der Waals surface area contributed by atoms with E-state index in [0.717, 1.165) is 42.1 Å². The smallest absolute Gasteiger partial charge is 0.317 e. The van der Waals surface area contributed by atoms with Crippen LogP contribution >= 0.6 is 11.3 Å². The summed E-state index contributed by atoms with van der Waals surface area (Å²) in [6.07, 6.45) is 5.36. The molecule has 0 radical (unpaired) electrons. The van der Waals surface area contributed by atoms with Crippen LogP contribution < -0.4 is 5.32 Å². The van der Waals surface area contributed by atoms with Crippen molar-refractivity contribution < 1.29 is 14.3 Å². The fourth-order valence-corrected chi connectivity index (χ4v) is 3.82. The predicted molar refractivity (Wildman–Crippen MR) is 92.6 cm³/mol. The van der Waals surface area contributed by atoms with Crippen molar-refractivity contribution in [1.82, 2.24) is 15.2 Å². The number of aliphatic hydroxyl groups is 1. The van der Waals surface area contributed by atoms with Gasteiger partial charge in [0.15, 0.2) is 10.8 Å². The molecule has 0 aliphatic heterocycles. The normalized spacial score (nSPS) is 20.8. The number of hydrogen-bond donors (Lipinski definition) is 2. The molecule has 1 aliphatic rings. The summed E-state index contributed by atoms with van der Waals surface area (Å²) < 4.78 is 5.32. The molecule has 130 valence electrons. The fraction of sp³-hybridized carbons (Fsp3) is 0.529. The number of rotatable bonds is 5. The molecule has 2 atom stereocenters. The summed E-state index contributed by atoms with van der Waals surface area (Å²) in [5.74, 6) is 0.917. The lowest BCUT2D eigenvalue weighted by Gasteiger charge is -2.31. The first-order chi connectivity index (χ1) is 11.6. The van der Waals surface area contributed by atoms with Gasteiger partial charge in [0, 0.05) is 24.9 Å². The molecule has 0 bridgehead atoms. The molecule has 2 aromatic heterocycles. The SMILES string of the molecule is CN(C[C@@H]1CCCC[C@H]1O)C(=O)NCc1csc(-c2ccco2)n1.